The van der Waals surface area contributed by atoms with Crippen LogP contribution in [0, 0.1) is 0 Å². The molecule has 162 valence electrons. The number of methoxy groups -OCH3 is 2. The monoisotopic (exact) mass is 416 g/mol. The van der Waals surface area contributed by atoms with Gasteiger partial charge >= 0.3 is 0 Å². The molecule has 0 aromatic carbocycles. The fourth-order valence-electron chi connectivity index (χ4n) is 3.57. The third-order valence-electron chi connectivity index (χ3n) is 5.10. The SMILES string of the molecule is C=CC(=O)N1CC[C@@H](Nc2cnc3[nH]cc(C(=O)N[C@H](C)COC)c3n2)[C@@H](OC)C1. The number of ether oxygens (including phenoxy) is 2. The van der Waals surface area contributed by atoms with E-state index < -0.39 is 0 Å². The van der Waals surface area contributed by atoms with Gasteiger partial charge in [0.2, 0.25) is 5.91 Å². The molecule has 1 aliphatic heterocycles. The molecule has 2 aromatic rings. The topological polar surface area (TPSA) is 121 Å². The molecule has 0 unspecified atom stereocenters. The largest absolute Gasteiger partial charge is 0.383 e. The lowest BCUT2D eigenvalue weighted by molar-refractivity contribution is -0.129. The van der Waals surface area contributed by atoms with Gasteiger partial charge in [0, 0.05) is 39.5 Å². The number of piperidine rings is 1. The van der Waals surface area contributed by atoms with Gasteiger partial charge in [-0.15, -0.1) is 0 Å². The first kappa shape index (κ1) is 21.7. The van der Waals surface area contributed by atoms with Crippen molar-refractivity contribution in [3.05, 3.63) is 30.6 Å². The number of amides is 2. The number of nitrogens with zero attached hydrogens (tertiary/aromatic N) is 3. The summed E-state index contributed by atoms with van der Waals surface area (Å²) in [6, 6.07) is -0.179. The molecule has 2 aromatic heterocycles. The van der Waals surface area contributed by atoms with E-state index in [9.17, 15) is 9.59 Å². The second kappa shape index (κ2) is 9.68. The number of H-pyrrole nitrogens is 1. The lowest BCUT2D eigenvalue weighted by atomic mass is 10.0. The van der Waals surface area contributed by atoms with Crippen LogP contribution in [0.1, 0.15) is 23.7 Å². The van der Waals surface area contributed by atoms with Crippen LogP contribution in [0.15, 0.2) is 25.0 Å². The lowest BCUT2D eigenvalue weighted by Gasteiger charge is -2.37. The number of anilines is 1. The molecule has 3 rings (SSSR count). The molecule has 1 fully saturated rings. The summed E-state index contributed by atoms with van der Waals surface area (Å²) in [4.78, 5) is 38.1. The molecule has 3 N–H and O–H groups in total. The van der Waals surface area contributed by atoms with Crippen LogP contribution in [-0.2, 0) is 14.3 Å². The van der Waals surface area contributed by atoms with Gasteiger partial charge in [0.25, 0.3) is 5.91 Å². The van der Waals surface area contributed by atoms with Crippen LogP contribution >= 0.6 is 0 Å². The Balaban J connectivity index is 1.74. The van der Waals surface area contributed by atoms with Crippen LogP contribution in [0.5, 0.6) is 0 Å². The van der Waals surface area contributed by atoms with Crippen LogP contribution in [0.25, 0.3) is 11.2 Å². The minimum absolute atomic E-state index is 0.0476. The van der Waals surface area contributed by atoms with E-state index in [2.05, 4.69) is 32.2 Å². The Morgan fingerprint density at radius 2 is 2.27 bits per heavy atom. The maximum absolute atomic E-state index is 12.6. The minimum atomic E-state index is -0.247. The summed E-state index contributed by atoms with van der Waals surface area (Å²) in [5.41, 5.74) is 1.42. The van der Waals surface area contributed by atoms with Crippen LogP contribution < -0.4 is 10.6 Å². The van der Waals surface area contributed by atoms with Gasteiger partial charge in [-0.3, -0.25) is 9.59 Å². The Labute approximate surface area is 175 Å². The number of likely N-dealkylation sites (tertiary alicyclic amines) is 1. The van der Waals surface area contributed by atoms with Crippen molar-refractivity contribution >= 4 is 28.8 Å². The standard InChI is InChI=1S/C20H28N6O4/c1-5-17(27)26-7-6-14(15(10-26)30-4)24-16-9-22-19-18(25-16)13(8-21-19)20(28)23-12(2)11-29-3/h5,8-9,12,14-15H,1,6-7,10-11H2,2-4H3,(H,21,22)(H,23,28)(H,24,25)/t12-,14-,15+/m1/s1. The first-order chi connectivity index (χ1) is 14.5. The van der Waals surface area contributed by atoms with Gasteiger partial charge in [0.15, 0.2) is 5.65 Å². The Morgan fingerprint density at radius 1 is 1.47 bits per heavy atom. The molecule has 0 radical (unpaired) electrons. The van der Waals surface area contributed by atoms with Crippen molar-refractivity contribution in [3.8, 4) is 0 Å². The van der Waals surface area contributed by atoms with Crippen molar-refractivity contribution in [2.75, 3.05) is 39.2 Å². The molecule has 3 atom stereocenters. The fourth-order valence-corrected chi connectivity index (χ4v) is 3.57. The molecule has 10 heteroatoms. The van der Waals surface area contributed by atoms with Crippen molar-refractivity contribution < 1.29 is 19.1 Å². The van der Waals surface area contributed by atoms with Gasteiger partial charge in [0.05, 0.1) is 30.5 Å². The minimum Gasteiger partial charge on any atom is -0.383 e. The second-order valence-corrected chi connectivity index (χ2v) is 7.29. The Kier molecular flexibility index (Phi) is 7.01. The van der Waals surface area contributed by atoms with Crippen molar-refractivity contribution in [1.82, 2.24) is 25.2 Å². The molecule has 0 bridgehead atoms. The van der Waals surface area contributed by atoms with Crippen LogP contribution in [0.3, 0.4) is 0 Å². The average molecular weight is 416 g/mol. The highest BCUT2D eigenvalue weighted by Crippen LogP contribution is 2.21. The Hall–Kier alpha value is -2.98. The van der Waals surface area contributed by atoms with Gasteiger partial charge in [-0.05, 0) is 19.4 Å². The summed E-state index contributed by atoms with van der Waals surface area (Å²) in [6.07, 6.45) is 5.01. The highest BCUT2D eigenvalue weighted by atomic mass is 16.5. The zero-order valence-electron chi connectivity index (χ0n) is 17.5. The predicted octanol–water partition coefficient (Wildman–Crippen LogP) is 0.936. The third-order valence-corrected chi connectivity index (χ3v) is 5.10. The molecule has 0 saturated carbocycles. The van der Waals surface area contributed by atoms with Crippen LogP contribution in [0.2, 0.25) is 0 Å². The third kappa shape index (κ3) is 4.77. The van der Waals surface area contributed by atoms with E-state index in [-0.39, 0.29) is 30.0 Å². The van der Waals surface area contributed by atoms with Gasteiger partial charge in [-0.1, -0.05) is 6.58 Å². The number of fused-ring (bicyclic) bond motifs is 1. The highest BCUT2D eigenvalue weighted by molar-refractivity contribution is 6.04. The van der Waals surface area contributed by atoms with Crippen molar-refractivity contribution in [2.45, 2.75) is 31.5 Å². The second-order valence-electron chi connectivity index (χ2n) is 7.29. The van der Waals surface area contributed by atoms with E-state index in [0.717, 1.165) is 0 Å². The molecular weight excluding hydrogens is 388 g/mol. The Bertz CT molecular complexity index is 914. The summed E-state index contributed by atoms with van der Waals surface area (Å²) in [6.45, 7) is 6.87. The first-order valence-corrected chi connectivity index (χ1v) is 9.81. The summed E-state index contributed by atoms with van der Waals surface area (Å²) < 4.78 is 10.6. The maximum Gasteiger partial charge on any atom is 0.255 e. The van der Waals surface area contributed by atoms with E-state index >= 15 is 0 Å². The fraction of sp³-hybridized carbons (Fsp3) is 0.500. The summed E-state index contributed by atoms with van der Waals surface area (Å²) in [7, 11) is 3.20. The van der Waals surface area contributed by atoms with E-state index in [1.54, 1.807) is 31.5 Å². The molecule has 1 aliphatic rings. The number of aromatic nitrogens is 3. The number of aromatic amines is 1. The zero-order valence-corrected chi connectivity index (χ0v) is 17.5. The number of carbonyl (C=O) groups is 2. The zero-order chi connectivity index (χ0) is 21.7. The molecule has 3 heterocycles. The molecular formula is C20H28N6O4. The van der Waals surface area contributed by atoms with Gasteiger partial charge in [0.1, 0.15) is 11.3 Å². The number of nitrogens with one attached hydrogen (secondary N) is 3. The predicted molar refractivity (Wildman–Crippen MR) is 112 cm³/mol. The quantitative estimate of drug-likeness (QED) is 0.548. The van der Waals surface area contributed by atoms with Crippen LogP contribution in [0.4, 0.5) is 5.82 Å². The number of carbonyl (C=O) groups excluding carboxylic acids is 2. The van der Waals surface area contributed by atoms with Gasteiger partial charge < -0.3 is 30.0 Å². The number of hydrogen-bond donors (Lipinski definition) is 3. The molecule has 2 amide bonds. The molecule has 0 aliphatic carbocycles. The Morgan fingerprint density at radius 3 is 2.97 bits per heavy atom. The lowest BCUT2D eigenvalue weighted by Crippen LogP contribution is -2.52. The van der Waals surface area contributed by atoms with E-state index in [1.807, 2.05) is 6.92 Å². The van der Waals surface area contributed by atoms with E-state index in [0.29, 0.717) is 48.7 Å². The average Bonchev–Trinajstić information content (AvgIpc) is 3.17. The van der Waals surface area contributed by atoms with Crippen molar-refractivity contribution in [1.29, 1.82) is 0 Å². The highest BCUT2D eigenvalue weighted by Gasteiger charge is 2.31. The van der Waals surface area contributed by atoms with Gasteiger partial charge in [-0.2, -0.15) is 0 Å². The van der Waals surface area contributed by atoms with E-state index in [4.69, 9.17) is 9.47 Å². The van der Waals surface area contributed by atoms with Crippen molar-refractivity contribution in [3.63, 3.8) is 0 Å². The van der Waals surface area contributed by atoms with Gasteiger partial charge in [-0.25, -0.2) is 9.97 Å². The van der Waals surface area contributed by atoms with Crippen molar-refractivity contribution in [2.24, 2.45) is 0 Å². The summed E-state index contributed by atoms with van der Waals surface area (Å²) in [5, 5.41) is 6.22. The number of hydrogen-bond acceptors (Lipinski definition) is 7. The number of rotatable bonds is 8. The summed E-state index contributed by atoms with van der Waals surface area (Å²) >= 11 is 0. The molecule has 30 heavy (non-hydrogen) atoms. The molecule has 0 spiro atoms. The maximum atomic E-state index is 12.6. The van der Waals surface area contributed by atoms with E-state index in [1.165, 1.54) is 6.08 Å². The normalized spacial score (nSPS) is 20.0. The smallest absolute Gasteiger partial charge is 0.255 e. The van der Waals surface area contributed by atoms with Crippen LogP contribution in [-0.4, -0.2) is 83.8 Å². The molecule has 10 nitrogen and oxygen atoms in total. The molecule has 1 saturated heterocycles. The summed E-state index contributed by atoms with van der Waals surface area (Å²) in [5.74, 6) is 0.183. The first-order valence-electron chi connectivity index (χ1n) is 9.81.